The quantitative estimate of drug-likeness (QED) is 0.428. The van der Waals surface area contributed by atoms with Gasteiger partial charge in [0.1, 0.15) is 12.1 Å². The highest BCUT2D eigenvalue weighted by atomic mass is 15.7. The van der Waals surface area contributed by atoms with Gasteiger partial charge in [-0.2, -0.15) is 5.43 Å². The van der Waals surface area contributed by atoms with Gasteiger partial charge in [0.2, 0.25) is 0 Å². The van der Waals surface area contributed by atoms with Crippen LogP contribution in [0.25, 0.3) is 0 Å². The fourth-order valence-corrected chi connectivity index (χ4v) is 3.01. The molecule has 16 heavy (non-hydrogen) atoms. The standard InChI is InChI=1S/C13H32N3/c1-10-14-16(11(2)3,12(4)5)13(6,7)15(8)9/h11-12,14H,10H2,1-9H3/q+1. The van der Waals surface area contributed by atoms with E-state index in [4.69, 9.17) is 0 Å². The highest BCUT2D eigenvalue weighted by molar-refractivity contribution is 4.70. The van der Waals surface area contributed by atoms with Gasteiger partial charge >= 0.3 is 0 Å². The molecule has 0 saturated heterocycles. The molecule has 0 aromatic carbocycles. The molecule has 0 aromatic heterocycles. The monoisotopic (exact) mass is 230 g/mol. The molecule has 0 amide bonds. The average Bonchev–Trinajstić information content (AvgIpc) is 2.11. The van der Waals surface area contributed by atoms with Crippen LogP contribution in [0.15, 0.2) is 0 Å². The molecule has 0 rings (SSSR count). The summed E-state index contributed by atoms with van der Waals surface area (Å²) in [5, 5.41) is 0. The summed E-state index contributed by atoms with van der Waals surface area (Å²) in [4.78, 5) is 2.32. The van der Waals surface area contributed by atoms with Crippen molar-refractivity contribution in [3.05, 3.63) is 0 Å². The molecule has 0 heterocycles. The predicted molar refractivity (Wildman–Crippen MR) is 72.0 cm³/mol. The van der Waals surface area contributed by atoms with E-state index in [0.29, 0.717) is 12.1 Å². The third kappa shape index (κ3) is 2.41. The summed E-state index contributed by atoms with van der Waals surface area (Å²) in [7, 11) is 4.32. The molecule has 0 unspecified atom stereocenters. The third-order valence-electron chi connectivity index (χ3n) is 4.05. The summed E-state index contributed by atoms with van der Waals surface area (Å²) in [5.41, 5.74) is 3.78. The first kappa shape index (κ1) is 15.9. The zero-order valence-electron chi connectivity index (χ0n) is 12.8. The molecule has 0 fully saturated rings. The van der Waals surface area contributed by atoms with Crippen molar-refractivity contribution in [2.45, 2.75) is 66.2 Å². The first-order chi connectivity index (χ1) is 7.14. The van der Waals surface area contributed by atoms with Gasteiger partial charge < -0.3 is 0 Å². The number of rotatable bonds is 6. The SMILES string of the molecule is CCN[N+](C(C)C)(C(C)C)C(C)(C)N(C)C. The average molecular weight is 230 g/mol. The van der Waals surface area contributed by atoms with Crippen molar-refractivity contribution < 1.29 is 4.59 Å². The minimum atomic E-state index is 0.0678. The lowest BCUT2D eigenvalue weighted by Gasteiger charge is -2.57. The number of hydrogen-bond acceptors (Lipinski definition) is 2. The van der Waals surface area contributed by atoms with Crippen LogP contribution in [0.3, 0.4) is 0 Å². The van der Waals surface area contributed by atoms with E-state index >= 15 is 0 Å². The molecule has 0 spiro atoms. The Balaban J connectivity index is 5.51. The van der Waals surface area contributed by atoms with Crippen LogP contribution in [0.5, 0.6) is 0 Å². The summed E-state index contributed by atoms with van der Waals surface area (Å²) in [6, 6.07) is 1.08. The summed E-state index contributed by atoms with van der Waals surface area (Å²) < 4.78 is 0.913. The van der Waals surface area contributed by atoms with Crippen molar-refractivity contribution in [1.82, 2.24) is 10.3 Å². The van der Waals surface area contributed by atoms with E-state index in [0.717, 1.165) is 11.1 Å². The van der Waals surface area contributed by atoms with Crippen LogP contribution in [0.4, 0.5) is 0 Å². The smallest absolute Gasteiger partial charge is 0.167 e. The molecule has 3 nitrogen and oxygen atoms in total. The van der Waals surface area contributed by atoms with E-state index in [2.05, 4.69) is 72.9 Å². The van der Waals surface area contributed by atoms with Crippen molar-refractivity contribution in [2.75, 3.05) is 20.6 Å². The molecule has 0 aliphatic heterocycles. The van der Waals surface area contributed by atoms with Crippen LogP contribution in [0.2, 0.25) is 0 Å². The number of nitrogens with zero attached hydrogens (tertiary/aromatic N) is 2. The molecular weight excluding hydrogens is 198 g/mol. The normalized spacial score (nSPS) is 14.2. The van der Waals surface area contributed by atoms with Crippen LogP contribution >= 0.6 is 0 Å². The van der Waals surface area contributed by atoms with Crippen molar-refractivity contribution in [3.63, 3.8) is 0 Å². The Labute approximate surface area is 102 Å². The molecule has 0 aromatic rings. The Hall–Kier alpha value is -0.120. The fraction of sp³-hybridized carbons (Fsp3) is 1.00. The molecule has 0 aliphatic carbocycles. The summed E-state index contributed by atoms with van der Waals surface area (Å²) in [6.07, 6.45) is 0. The first-order valence-electron chi connectivity index (χ1n) is 6.45. The van der Waals surface area contributed by atoms with E-state index in [1.165, 1.54) is 0 Å². The van der Waals surface area contributed by atoms with Crippen LogP contribution in [-0.4, -0.2) is 47.9 Å². The van der Waals surface area contributed by atoms with Crippen LogP contribution < -0.4 is 5.43 Å². The Morgan fingerprint density at radius 1 is 1.06 bits per heavy atom. The first-order valence-corrected chi connectivity index (χ1v) is 6.45. The van der Waals surface area contributed by atoms with Gasteiger partial charge in [-0.1, -0.05) is 0 Å². The van der Waals surface area contributed by atoms with Crippen molar-refractivity contribution in [2.24, 2.45) is 0 Å². The lowest BCUT2D eigenvalue weighted by molar-refractivity contribution is -1.05. The maximum atomic E-state index is 3.71. The molecule has 3 heteroatoms. The Morgan fingerprint density at radius 3 is 1.62 bits per heavy atom. The van der Waals surface area contributed by atoms with E-state index in [9.17, 15) is 0 Å². The van der Waals surface area contributed by atoms with Crippen molar-refractivity contribution in [1.29, 1.82) is 0 Å². The number of quaternary nitrogens is 1. The second-order valence-electron chi connectivity index (χ2n) is 5.87. The van der Waals surface area contributed by atoms with E-state index in [1.807, 2.05) is 0 Å². The Kier molecular flexibility index (Phi) is 5.44. The zero-order valence-corrected chi connectivity index (χ0v) is 12.8. The minimum absolute atomic E-state index is 0.0678. The van der Waals surface area contributed by atoms with Gasteiger partial charge in [-0.05, 0) is 48.7 Å². The van der Waals surface area contributed by atoms with Gasteiger partial charge in [-0.25, -0.2) is 4.59 Å². The van der Waals surface area contributed by atoms with Crippen molar-refractivity contribution >= 4 is 0 Å². The number of hydrogen-bond donors (Lipinski definition) is 1. The highest BCUT2D eigenvalue weighted by Gasteiger charge is 2.50. The second-order valence-corrected chi connectivity index (χ2v) is 5.87. The van der Waals surface area contributed by atoms with Gasteiger partial charge in [0.25, 0.3) is 0 Å². The predicted octanol–water partition coefficient (Wildman–Crippen LogP) is 2.44. The lowest BCUT2D eigenvalue weighted by Crippen LogP contribution is -2.78. The van der Waals surface area contributed by atoms with Crippen LogP contribution in [0, 0.1) is 0 Å². The molecule has 1 N–H and O–H groups in total. The largest absolute Gasteiger partial charge is 0.257 e. The minimum Gasteiger partial charge on any atom is -0.257 e. The summed E-state index contributed by atoms with van der Waals surface area (Å²) in [6.45, 7) is 17.0. The molecular formula is C13H32N3+. The van der Waals surface area contributed by atoms with Crippen LogP contribution in [0.1, 0.15) is 48.5 Å². The lowest BCUT2D eigenvalue weighted by atomic mass is 10.0. The summed E-state index contributed by atoms with van der Waals surface area (Å²) in [5.74, 6) is 0. The van der Waals surface area contributed by atoms with Crippen molar-refractivity contribution in [3.8, 4) is 0 Å². The molecule has 0 saturated carbocycles. The van der Waals surface area contributed by atoms with E-state index in [1.54, 1.807) is 0 Å². The highest BCUT2D eigenvalue weighted by Crippen LogP contribution is 2.31. The van der Waals surface area contributed by atoms with Gasteiger partial charge in [0.05, 0.1) is 0 Å². The van der Waals surface area contributed by atoms with Gasteiger partial charge in [-0.15, -0.1) is 0 Å². The molecule has 0 bridgehead atoms. The molecule has 0 atom stereocenters. The topological polar surface area (TPSA) is 15.3 Å². The van der Waals surface area contributed by atoms with Gasteiger partial charge in [-0.3, -0.25) is 4.90 Å². The molecule has 0 radical (unpaired) electrons. The summed E-state index contributed by atoms with van der Waals surface area (Å²) >= 11 is 0. The number of nitrogens with one attached hydrogen (secondary N) is 1. The van der Waals surface area contributed by atoms with Crippen LogP contribution in [-0.2, 0) is 0 Å². The fourth-order valence-electron chi connectivity index (χ4n) is 3.01. The molecule has 0 aliphatic rings. The zero-order chi connectivity index (χ0) is 13.1. The Morgan fingerprint density at radius 2 is 1.44 bits per heavy atom. The maximum absolute atomic E-state index is 3.71. The third-order valence-corrected chi connectivity index (χ3v) is 4.05. The van der Waals surface area contributed by atoms with Gasteiger partial charge in [0, 0.05) is 20.4 Å². The maximum Gasteiger partial charge on any atom is 0.167 e. The Bertz CT molecular complexity index is 199. The van der Waals surface area contributed by atoms with Gasteiger partial charge in [0.15, 0.2) is 5.66 Å². The van der Waals surface area contributed by atoms with E-state index < -0.39 is 0 Å². The van der Waals surface area contributed by atoms with E-state index in [-0.39, 0.29) is 5.66 Å². The molecule has 98 valence electrons. The second kappa shape index (κ2) is 5.48.